The second-order valence-corrected chi connectivity index (χ2v) is 6.62. The minimum absolute atomic E-state index is 0.0893. The van der Waals surface area contributed by atoms with E-state index in [1.54, 1.807) is 30.3 Å². The molecule has 5 nitrogen and oxygen atoms in total. The van der Waals surface area contributed by atoms with Crippen LogP contribution in [0.25, 0.3) is 6.08 Å². The fraction of sp³-hybridized carbons (Fsp3) is 0.238. The molecule has 0 unspecified atom stereocenters. The highest BCUT2D eigenvalue weighted by Crippen LogP contribution is 2.33. The summed E-state index contributed by atoms with van der Waals surface area (Å²) in [5.74, 6) is 0.0841. The van der Waals surface area contributed by atoms with Crippen LogP contribution in [0.3, 0.4) is 0 Å². The zero-order valence-corrected chi connectivity index (χ0v) is 16.0. The normalized spacial score (nSPS) is 13.1. The average molecular weight is 401 g/mol. The number of halogens is 2. The molecule has 0 fully saturated rings. The van der Waals surface area contributed by atoms with Gasteiger partial charge < -0.3 is 14.4 Å². The standard InChI is InChI=1S/C21H18ClFN2O3/c1-27-19-11-14(4-6-18(19)28-10-8-24)5-7-20(26)25-9-2-3-15-12-16(22)13-17(23)21(15)25/h4-7,11-13H,2-3,9-10H2,1H3. The number of amides is 1. The van der Waals surface area contributed by atoms with E-state index < -0.39 is 5.82 Å². The molecule has 0 saturated carbocycles. The van der Waals surface area contributed by atoms with Gasteiger partial charge in [0.05, 0.1) is 12.8 Å². The van der Waals surface area contributed by atoms with Crippen molar-refractivity contribution < 1.29 is 18.7 Å². The van der Waals surface area contributed by atoms with E-state index in [0.29, 0.717) is 40.7 Å². The Morgan fingerprint density at radius 1 is 1.36 bits per heavy atom. The number of ether oxygens (including phenoxy) is 2. The lowest BCUT2D eigenvalue weighted by Gasteiger charge is -2.29. The Kier molecular flexibility index (Phi) is 6.17. The van der Waals surface area contributed by atoms with Crippen molar-refractivity contribution in [3.8, 4) is 17.6 Å². The molecule has 0 aliphatic carbocycles. The molecule has 0 radical (unpaired) electrons. The predicted molar refractivity (Wildman–Crippen MR) is 105 cm³/mol. The van der Waals surface area contributed by atoms with Gasteiger partial charge in [-0.15, -0.1) is 0 Å². The molecule has 1 aliphatic rings. The number of hydrogen-bond donors (Lipinski definition) is 0. The van der Waals surface area contributed by atoms with Gasteiger partial charge in [-0.05, 0) is 54.3 Å². The molecule has 1 amide bonds. The van der Waals surface area contributed by atoms with E-state index in [-0.39, 0.29) is 12.5 Å². The Bertz CT molecular complexity index is 969. The molecule has 2 aromatic carbocycles. The summed E-state index contributed by atoms with van der Waals surface area (Å²) in [7, 11) is 1.49. The molecular weight excluding hydrogens is 383 g/mol. The minimum Gasteiger partial charge on any atom is -0.493 e. The maximum atomic E-state index is 14.4. The first-order valence-corrected chi connectivity index (χ1v) is 9.06. The number of hydrogen-bond acceptors (Lipinski definition) is 4. The number of benzene rings is 2. The first-order valence-electron chi connectivity index (χ1n) is 8.68. The van der Waals surface area contributed by atoms with Gasteiger partial charge in [-0.1, -0.05) is 17.7 Å². The molecule has 0 spiro atoms. The van der Waals surface area contributed by atoms with E-state index in [1.807, 2.05) is 6.07 Å². The Morgan fingerprint density at radius 3 is 2.93 bits per heavy atom. The van der Waals surface area contributed by atoms with Crippen molar-refractivity contribution >= 4 is 29.3 Å². The SMILES string of the molecule is COc1cc(C=CC(=O)N2CCCc3cc(Cl)cc(F)c32)ccc1OCC#N. The molecule has 1 aliphatic heterocycles. The van der Waals surface area contributed by atoms with Crippen LogP contribution in [0.15, 0.2) is 36.4 Å². The summed E-state index contributed by atoms with van der Waals surface area (Å²) < 4.78 is 24.9. The average Bonchev–Trinajstić information content (AvgIpc) is 2.69. The topological polar surface area (TPSA) is 62.6 Å². The Hall–Kier alpha value is -3.04. The van der Waals surface area contributed by atoms with Gasteiger partial charge in [0.2, 0.25) is 0 Å². The van der Waals surface area contributed by atoms with Crippen LogP contribution in [0.1, 0.15) is 17.5 Å². The van der Waals surface area contributed by atoms with Crippen molar-refractivity contribution in [2.24, 2.45) is 0 Å². The number of aryl methyl sites for hydroxylation is 1. The molecule has 1 heterocycles. The number of fused-ring (bicyclic) bond motifs is 1. The number of methoxy groups -OCH3 is 1. The number of anilines is 1. The van der Waals surface area contributed by atoms with Gasteiger partial charge in [0.15, 0.2) is 18.1 Å². The molecular formula is C21H18ClFN2O3. The van der Waals surface area contributed by atoms with Gasteiger partial charge in [0, 0.05) is 17.6 Å². The quantitative estimate of drug-likeness (QED) is 0.698. The van der Waals surface area contributed by atoms with Gasteiger partial charge in [0.1, 0.15) is 11.9 Å². The maximum absolute atomic E-state index is 14.4. The first kappa shape index (κ1) is 19.7. The first-order chi connectivity index (χ1) is 13.5. The largest absolute Gasteiger partial charge is 0.493 e. The van der Waals surface area contributed by atoms with Crippen molar-refractivity contribution in [2.45, 2.75) is 12.8 Å². The van der Waals surface area contributed by atoms with Gasteiger partial charge in [-0.2, -0.15) is 5.26 Å². The molecule has 0 saturated heterocycles. The van der Waals surface area contributed by atoms with Crippen molar-refractivity contribution in [3.63, 3.8) is 0 Å². The van der Waals surface area contributed by atoms with Crippen LogP contribution in [0.4, 0.5) is 10.1 Å². The fourth-order valence-corrected chi connectivity index (χ4v) is 3.37. The van der Waals surface area contributed by atoms with Crippen LogP contribution in [-0.2, 0) is 11.2 Å². The molecule has 144 valence electrons. The third-order valence-corrected chi connectivity index (χ3v) is 4.59. The van der Waals surface area contributed by atoms with Gasteiger partial charge in [0.25, 0.3) is 5.91 Å². The highest BCUT2D eigenvalue weighted by Gasteiger charge is 2.25. The van der Waals surface area contributed by atoms with E-state index in [9.17, 15) is 9.18 Å². The van der Waals surface area contributed by atoms with Gasteiger partial charge in [-0.25, -0.2) is 4.39 Å². The summed E-state index contributed by atoms with van der Waals surface area (Å²) in [4.78, 5) is 14.1. The van der Waals surface area contributed by atoms with Gasteiger partial charge >= 0.3 is 0 Å². The third kappa shape index (κ3) is 4.26. The zero-order valence-electron chi connectivity index (χ0n) is 15.2. The number of rotatable bonds is 5. The highest BCUT2D eigenvalue weighted by atomic mass is 35.5. The van der Waals surface area contributed by atoms with Crippen LogP contribution in [0, 0.1) is 17.1 Å². The van der Waals surface area contributed by atoms with Crippen LogP contribution in [0.5, 0.6) is 11.5 Å². The second kappa shape index (κ2) is 8.77. The Balaban J connectivity index is 1.81. The van der Waals surface area contributed by atoms with E-state index in [0.717, 1.165) is 12.0 Å². The summed E-state index contributed by atoms with van der Waals surface area (Å²) in [6, 6.07) is 9.92. The second-order valence-electron chi connectivity index (χ2n) is 6.18. The van der Waals surface area contributed by atoms with E-state index >= 15 is 0 Å². The van der Waals surface area contributed by atoms with Crippen LogP contribution in [0.2, 0.25) is 5.02 Å². The summed E-state index contributed by atoms with van der Waals surface area (Å²) in [5.41, 5.74) is 1.74. The van der Waals surface area contributed by atoms with Crippen molar-refractivity contribution in [2.75, 3.05) is 25.2 Å². The smallest absolute Gasteiger partial charge is 0.251 e. The Morgan fingerprint density at radius 2 is 2.18 bits per heavy atom. The van der Waals surface area contributed by atoms with E-state index in [4.69, 9.17) is 26.3 Å². The summed E-state index contributed by atoms with van der Waals surface area (Å²) in [5, 5.41) is 8.94. The van der Waals surface area contributed by atoms with Crippen LogP contribution in [-0.4, -0.2) is 26.2 Å². The van der Waals surface area contributed by atoms with Gasteiger partial charge in [-0.3, -0.25) is 4.79 Å². The molecule has 0 aromatic heterocycles. The van der Waals surface area contributed by atoms with Crippen molar-refractivity contribution in [1.82, 2.24) is 0 Å². The summed E-state index contributed by atoms with van der Waals surface area (Å²) >= 11 is 5.93. The third-order valence-electron chi connectivity index (χ3n) is 4.37. The Labute approximate surface area is 167 Å². The minimum atomic E-state index is -0.496. The lowest BCUT2D eigenvalue weighted by Crippen LogP contribution is -2.35. The molecule has 0 N–H and O–H groups in total. The van der Waals surface area contributed by atoms with E-state index in [1.165, 1.54) is 24.2 Å². The number of carbonyl (C=O) groups is 1. The monoisotopic (exact) mass is 400 g/mol. The maximum Gasteiger partial charge on any atom is 0.251 e. The molecule has 28 heavy (non-hydrogen) atoms. The lowest BCUT2D eigenvalue weighted by atomic mass is 10.0. The number of nitrogens with zero attached hydrogens (tertiary/aromatic N) is 2. The summed E-state index contributed by atoms with van der Waals surface area (Å²) in [6.45, 7) is 0.354. The van der Waals surface area contributed by atoms with Crippen molar-refractivity contribution in [1.29, 1.82) is 5.26 Å². The number of nitriles is 1. The molecule has 7 heteroatoms. The van der Waals surface area contributed by atoms with Crippen LogP contribution < -0.4 is 14.4 Å². The molecule has 3 rings (SSSR count). The van der Waals surface area contributed by atoms with Crippen molar-refractivity contribution in [3.05, 3.63) is 58.4 Å². The summed E-state index contributed by atoms with van der Waals surface area (Å²) in [6.07, 6.45) is 4.45. The fourth-order valence-electron chi connectivity index (χ4n) is 3.15. The lowest BCUT2D eigenvalue weighted by molar-refractivity contribution is -0.114. The zero-order chi connectivity index (χ0) is 20.1. The van der Waals surface area contributed by atoms with E-state index in [2.05, 4.69) is 0 Å². The van der Waals surface area contributed by atoms with Crippen LogP contribution >= 0.6 is 11.6 Å². The molecule has 2 aromatic rings. The molecule has 0 atom stereocenters. The molecule has 0 bridgehead atoms. The predicted octanol–water partition coefficient (Wildman–Crippen LogP) is 4.38. The number of carbonyl (C=O) groups excluding carboxylic acids is 1. The highest BCUT2D eigenvalue weighted by molar-refractivity contribution is 6.30.